The number of aliphatic hydroxyl groups is 1. The van der Waals surface area contributed by atoms with Crippen LogP contribution in [0.2, 0.25) is 0 Å². The summed E-state index contributed by atoms with van der Waals surface area (Å²) in [5.41, 5.74) is 1.45. The van der Waals surface area contributed by atoms with Crippen molar-refractivity contribution in [3.05, 3.63) is 42.0 Å². The molecule has 1 aromatic carbocycles. The summed E-state index contributed by atoms with van der Waals surface area (Å²) >= 11 is 0. The SMILES string of the molecule is O=C(Nc1cccc(OCCC(F)(F)F)n1)c1ccc(S(=O)NCCO)cc1N1CCC2(CC1)CC2. The van der Waals surface area contributed by atoms with Crippen LogP contribution in [0.4, 0.5) is 24.7 Å². The van der Waals surface area contributed by atoms with Crippen molar-refractivity contribution in [2.24, 2.45) is 5.41 Å². The van der Waals surface area contributed by atoms with Crippen LogP contribution in [0.3, 0.4) is 0 Å². The van der Waals surface area contributed by atoms with Gasteiger partial charge in [-0.3, -0.25) is 4.79 Å². The predicted octanol–water partition coefficient (Wildman–Crippen LogP) is 3.65. The number of nitrogens with one attached hydrogen (secondary N) is 2. The topological polar surface area (TPSA) is 104 Å². The normalized spacial score (nSPS) is 17.6. The zero-order valence-electron chi connectivity index (χ0n) is 19.6. The Morgan fingerprint density at radius 3 is 2.58 bits per heavy atom. The van der Waals surface area contributed by atoms with Crippen LogP contribution in [0.1, 0.15) is 42.5 Å². The number of ether oxygens (including phenoxy) is 1. The van der Waals surface area contributed by atoms with E-state index in [9.17, 15) is 22.2 Å². The lowest BCUT2D eigenvalue weighted by atomic mass is 9.93. The molecule has 1 spiro atoms. The number of halogens is 3. The van der Waals surface area contributed by atoms with Gasteiger partial charge in [0.15, 0.2) is 0 Å². The third-order valence-corrected chi connectivity index (χ3v) is 7.64. The molecule has 196 valence electrons. The Kier molecular flexibility index (Phi) is 8.16. The number of rotatable bonds is 10. The van der Waals surface area contributed by atoms with E-state index in [2.05, 4.69) is 19.9 Å². The Labute approximate surface area is 209 Å². The van der Waals surface area contributed by atoms with Crippen molar-refractivity contribution in [1.29, 1.82) is 0 Å². The number of carbonyl (C=O) groups is 1. The van der Waals surface area contributed by atoms with E-state index in [0.29, 0.717) is 21.6 Å². The summed E-state index contributed by atoms with van der Waals surface area (Å²) in [7, 11) is -1.55. The minimum Gasteiger partial charge on any atom is -0.477 e. The van der Waals surface area contributed by atoms with E-state index in [4.69, 9.17) is 9.84 Å². The number of carbonyl (C=O) groups excluding carboxylic acids is 1. The molecule has 36 heavy (non-hydrogen) atoms. The number of anilines is 2. The van der Waals surface area contributed by atoms with Gasteiger partial charge in [-0.2, -0.15) is 18.2 Å². The molecule has 4 rings (SSSR count). The summed E-state index contributed by atoms with van der Waals surface area (Å²) in [5.74, 6) is -0.329. The van der Waals surface area contributed by atoms with Crippen molar-refractivity contribution >= 4 is 28.4 Å². The van der Waals surface area contributed by atoms with Crippen molar-refractivity contribution in [2.75, 3.05) is 43.1 Å². The van der Waals surface area contributed by atoms with Crippen molar-refractivity contribution in [2.45, 2.75) is 43.2 Å². The van der Waals surface area contributed by atoms with E-state index in [0.717, 1.165) is 25.9 Å². The maximum atomic E-state index is 13.2. The van der Waals surface area contributed by atoms with Gasteiger partial charge in [0.1, 0.15) is 16.8 Å². The number of hydrogen-bond acceptors (Lipinski definition) is 6. The molecule has 1 atom stereocenters. The second-order valence-corrected chi connectivity index (χ2v) is 10.4. The summed E-state index contributed by atoms with van der Waals surface area (Å²) in [5, 5.41) is 11.7. The average Bonchev–Trinajstić information content (AvgIpc) is 3.60. The van der Waals surface area contributed by atoms with Crippen molar-refractivity contribution in [3.63, 3.8) is 0 Å². The molecule has 1 aliphatic heterocycles. The highest BCUT2D eigenvalue weighted by Gasteiger charge is 2.44. The zero-order chi connectivity index (χ0) is 25.8. The van der Waals surface area contributed by atoms with Gasteiger partial charge < -0.3 is 20.1 Å². The van der Waals surface area contributed by atoms with E-state index in [1.54, 1.807) is 18.2 Å². The monoisotopic (exact) mass is 526 g/mol. The third-order valence-electron chi connectivity index (χ3n) is 6.50. The summed E-state index contributed by atoms with van der Waals surface area (Å²) in [6.07, 6.45) is -0.912. The molecule has 1 aromatic heterocycles. The Balaban J connectivity index is 1.51. The molecule has 2 aromatic rings. The van der Waals surface area contributed by atoms with Crippen LogP contribution in [0.15, 0.2) is 41.3 Å². The van der Waals surface area contributed by atoms with Crippen LogP contribution >= 0.6 is 0 Å². The third kappa shape index (κ3) is 6.95. The van der Waals surface area contributed by atoms with Crippen LogP contribution in [-0.4, -0.2) is 59.2 Å². The van der Waals surface area contributed by atoms with Crippen molar-refractivity contribution in [3.8, 4) is 5.88 Å². The van der Waals surface area contributed by atoms with Gasteiger partial charge in [-0.1, -0.05) is 6.07 Å². The predicted molar refractivity (Wildman–Crippen MR) is 129 cm³/mol. The number of pyridine rings is 1. The van der Waals surface area contributed by atoms with E-state index in [1.165, 1.54) is 31.0 Å². The first-order chi connectivity index (χ1) is 17.2. The fourth-order valence-electron chi connectivity index (χ4n) is 4.22. The summed E-state index contributed by atoms with van der Waals surface area (Å²) < 4.78 is 57.5. The number of aromatic nitrogens is 1. The minimum atomic E-state index is -4.33. The Bertz CT molecular complexity index is 1100. The standard InChI is InChI=1S/C24H29F3N4O4S/c25-24(26,27)10-15-35-21-3-1-2-20(29-21)30-22(33)18-5-4-17(36(34)28-11-14-32)16-19(18)31-12-8-23(6-7-23)9-13-31/h1-5,16,28,32H,6-15H2,(H,29,30,33). The van der Waals surface area contributed by atoms with Crippen LogP contribution in [0.25, 0.3) is 0 Å². The second-order valence-electron chi connectivity index (χ2n) is 9.08. The van der Waals surface area contributed by atoms with Crippen LogP contribution in [0.5, 0.6) is 5.88 Å². The lowest BCUT2D eigenvalue weighted by Crippen LogP contribution is -2.36. The fraction of sp³-hybridized carbons (Fsp3) is 0.500. The fourth-order valence-corrected chi connectivity index (χ4v) is 5.07. The van der Waals surface area contributed by atoms with Crippen molar-refractivity contribution in [1.82, 2.24) is 9.71 Å². The van der Waals surface area contributed by atoms with Gasteiger partial charge in [-0.25, -0.2) is 8.93 Å². The van der Waals surface area contributed by atoms with E-state index in [1.807, 2.05) is 0 Å². The smallest absolute Gasteiger partial charge is 0.392 e. The number of alkyl halides is 3. The molecule has 2 fully saturated rings. The number of piperidine rings is 1. The molecule has 1 unspecified atom stereocenters. The van der Waals surface area contributed by atoms with Crippen LogP contribution in [0, 0.1) is 5.41 Å². The van der Waals surface area contributed by atoms with E-state index < -0.39 is 36.1 Å². The maximum absolute atomic E-state index is 13.2. The molecule has 1 saturated heterocycles. The van der Waals surface area contributed by atoms with Gasteiger partial charge in [-0.15, -0.1) is 0 Å². The van der Waals surface area contributed by atoms with E-state index in [-0.39, 0.29) is 24.8 Å². The molecule has 0 bridgehead atoms. The first-order valence-corrected chi connectivity index (χ1v) is 13.0. The number of hydrogen-bond donors (Lipinski definition) is 3. The molecule has 2 heterocycles. The quantitative estimate of drug-likeness (QED) is 0.437. The molecule has 0 radical (unpaired) electrons. The van der Waals surface area contributed by atoms with Gasteiger partial charge in [0.2, 0.25) is 5.88 Å². The Morgan fingerprint density at radius 2 is 1.92 bits per heavy atom. The lowest BCUT2D eigenvalue weighted by molar-refractivity contribution is -0.139. The molecular formula is C24H29F3N4O4S. The second kappa shape index (κ2) is 11.1. The molecule has 1 saturated carbocycles. The summed E-state index contributed by atoms with van der Waals surface area (Å²) in [4.78, 5) is 19.9. The number of aliphatic hydroxyl groups excluding tert-OH is 1. The number of benzene rings is 1. The first kappa shape index (κ1) is 26.4. The van der Waals surface area contributed by atoms with Crippen LogP contribution in [-0.2, 0) is 11.0 Å². The van der Waals surface area contributed by atoms with Gasteiger partial charge in [-0.05, 0) is 55.4 Å². The molecule has 3 N–H and O–H groups in total. The largest absolute Gasteiger partial charge is 0.477 e. The molecule has 8 nitrogen and oxygen atoms in total. The Hall–Kier alpha value is -2.70. The maximum Gasteiger partial charge on any atom is 0.392 e. The summed E-state index contributed by atoms with van der Waals surface area (Å²) in [6.45, 7) is 1.00. The van der Waals surface area contributed by atoms with Gasteiger partial charge in [0.05, 0.1) is 35.8 Å². The van der Waals surface area contributed by atoms with Crippen molar-refractivity contribution < 1.29 is 32.0 Å². The number of amides is 1. The molecule has 2 aliphatic rings. The van der Waals surface area contributed by atoms with Gasteiger partial charge in [0.25, 0.3) is 5.91 Å². The molecule has 12 heteroatoms. The zero-order valence-corrected chi connectivity index (χ0v) is 20.5. The number of nitrogens with zero attached hydrogens (tertiary/aromatic N) is 2. The highest BCUT2D eigenvalue weighted by Crippen LogP contribution is 2.54. The molecule has 1 amide bonds. The lowest BCUT2D eigenvalue weighted by Gasteiger charge is -2.35. The van der Waals surface area contributed by atoms with Gasteiger partial charge in [0, 0.05) is 25.7 Å². The average molecular weight is 527 g/mol. The highest BCUT2D eigenvalue weighted by atomic mass is 32.2. The van der Waals surface area contributed by atoms with Crippen LogP contribution < -0.4 is 19.7 Å². The summed E-state index contributed by atoms with van der Waals surface area (Å²) in [6, 6.07) is 9.39. The molecular weight excluding hydrogens is 497 g/mol. The van der Waals surface area contributed by atoms with Gasteiger partial charge >= 0.3 is 6.18 Å². The highest BCUT2D eigenvalue weighted by molar-refractivity contribution is 7.83. The van der Waals surface area contributed by atoms with E-state index >= 15 is 0 Å². The Morgan fingerprint density at radius 1 is 1.17 bits per heavy atom. The molecule has 1 aliphatic carbocycles. The first-order valence-electron chi connectivity index (χ1n) is 11.8. The minimum absolute atomic E-state index is 0.0243.